The van der Waals surface area contributed by atoms with E-state index in [0.29, 0.717) is 17.8 Å². The van der Waals surface area contributed by atoms with E-state index >= 15 is 0 Å². The van der Waals surface area contributed by atoms with Crippen LogP contribution in [-0.4, -0.2) is 28.2 Å². The molecule has 2 N–H and O–H groups in total. The largest absolute Gasteiger partial charge is 0.393 e. The van der Waals surface area contributed by atoms with Crippen molar-refractivity contribution in [2.45, 2.75) is 118 Å². The van der Waals surface area contributed by atoms with Gasteiger partial charge in [0, 0.05) is 11.3 Å². The first-order chi connectivity index (χ1) is 15.2. The summed E-state index contributed by atoms with van der Waals surface area (Å²) >= 11 is 0. The third-order valence-corrected chi connectivity index (χ3v) is 12.6. The number of hydrogen-bond acceptors (Lipinski definition) is 3. The zero-order valence-electron chi connectivity index (χ0n) is 22.2. The van der Waals surface area contributed by atoms with Crippen molar-refractivity contribution in [3.8, 4) is 0 Å². The zero-order chi connectivity index (χ0) is 24.2. The van der Waals surface area contributed by atoms with E-state index in [9.17, 15) is 15.0 Å². The SMILES string of the molecule is CC1(C)[C@H]2CC[C@@]3(C)CC4=CC(=O)[C@H]5C(C)(C)[C@@H](O)CC[C@]5(C)[C@H]4CC[C@H]3[C@@]2(C)CC[C@@H]1O. The van der Waals surface area contributed by atoms with Gasteiger partial charge in [-0.2, -0.15) is 0 Å². The van der Waals surface area contributed by atoms with Crippen LogP contribution in [0.15, 0.2) is 11.6 Å². The van der Waals surface area contributed by atoms with Crippen molar-refractivity contribution in [1.29, 1.82) is 0 Å². The molecule has 0 radical (unpaired) electrons. The fraction of sp³-hybridized carbons (Fsp3) is 0.900. The van der Waals surface area contributed by atoms with E-state index in [1.54, 1.807) is 0 Å². The molecular formula is C30H48O3. The maximum Gasteiger partial charge on any atom is 0.159 e. The minimum atomic E-state index is -0.393. The monoisotopic (exact) mass is 456 g/mol. The molecule has 3 heteroatoms. The highest BCUT2D eigenvalue weighted by atomic mass is 16.3. The number of carbonyl (C=O) groups excluding carboxylic acids is 1. The first-order valence-corrected chi connectivity index (χ1v) is 13.8. The molecule has 9 atom stereocenters. The van der Waals surface area contributed by atoms with Crippen molar-refractivity contribution >= 4 is 5.78 Å². The Labute approximate surface area is 201 Å². The minimum Gasteiger partial charge on any atom is -0.393 e. The Morgan fingerprint density at radius 3 is 2.00 bits per heavy atom. The van der Waals surface area contributed by atoms with E-state index in [2.05, 4.69) is 48.5 Å². The maximum absolute atomic E-state index is 13.6. The summed E-state index contributed by atoms with van der Waals surface area (Å²) in [6.07, 6.45) is 11.1. The summed E-state index contributed by atoms with van der Waals surface area (Å²) in [6, 6.07) is 0. The molecule has 0 bridgehead atoms. The van der Waals surface area contributed by atoms with Crippen LogP contribution < -0.4 is 0 Å². The Hall–Kier alpha value is -0.670. The summed E-state index contributed by atoms with van der Waals surface area (Å²) < 4.78 is 0. The fourth-order valence-electron chi connectivity index (χ4n) is 10.9. The lowest BCUT2D eigenvalue weighted by Gasteiger charge is -2.63. The Morgan fingerprint density at radius 2 is 1.33 bits per heavy atom. The molecule has 4 saturated carbocycles. The van der Waals surface area contributed by atoms with Gasteiger partial charge >= 0.3 is 0 Å². The molecule has 0 aromatic heterocycles. The summed E-state index contributed by atoms with van der Waals surface area (Å²) in [4.78, 5) is 13.6. The van der Waals surface area contributed by atoms with Gasteiger partial charge in [0.2, 0.25) is 0 Å². The van der Waals surface area contributed by atoms with Crippen LogP contribution in [0.4, 0.5) is 0 Å². The Kier molecular flexibility index (Phi) is 5.24. The highest BCUT2D eigenvalue weighted by molar-refractivity contribution is 5.95. The van der Waals surface area contributed by atoms with E-state index in [-0.39, 0.29) is 44.9 Å². The van der Waals surface area contributed by atoms with Crippen LogP contribution in [0.1, 0.15) is 106 Å². The molecule has 0 amide bonds. The average molecular weight is 457 g/mol. The van der Waals surface area contributed by atoms with Crippen LogP contribution in [0.3, 0.4) is 0 Å². The maximum atomic E-state index is 13.6. The van der Waals surface area contributed by atoms with Crippen molar-refractivity contribution in [2.75, 3.05) is 0 Å². The zero-order valence-corrected chi connectivity index (χ0v) is 22.2. The van der Waals surface area contributed by atoms with Crippen molar-refractivity contribution in [3.05, 3.63) is 11.6 Å². The standard InChI is InChI=1S/C30H48O3/c1-26(2)21-10-13-28(5)17-18-16-20(31)25-27(3,4)24(33)11-14-29(25,6)19(18)8-9-22(28)30(21,7)15-12-23(26)32/h16,19,21-25,32-33H,8-15,17H2,1-7H3/t19-,21+,22+,23-,24-,25-,28-,29+,30-/m0/s1. The molecule has 5 aliphatic rings. The summed E-state index contributed by atoms with van der Waals surface area (Å²) in [5.41, 5.74) is 1.48. The second kappa shape index (κ2) is 7.19. The molecule has 0 unspecified atom stereocenters. The third kappa shape index (κ3) is 3.09. The topological polar surface area (TPSA) is 57.5 Å². The van der Waals surface area contributed by atoms with Gasteiger partial charge in [0.25, 0.3) is 0 Å². The fourth-order valence-corrected chi connectivity index (χ4v) is 10.9. The Morgan fingerprint density at radius 1 is 0.727 bits per heavy atom. The van der Waals surface area contributed by atoms with Crippen LogP contribution in [-0.2, 0) is 4.79 Å². The molecule has 4 fully saturated rings. The Balaban J connectivity index is 1.54. The number of rotatable bonds is 0. The van der Waals surface area contributed by atoms with Crippen LogP contribution >= 0.6 is 0 Å². The van der Waals surface area contributed by atoms with E-state index in [4.69, 9.17) is 0 Å². The van der Waals surface area contributed by atoms with E-state index in [1.165, 1.54) is 31.3 Å². The lowest BCUT2D eigenvalue weighted by atomic mass is 9.42. The number of aliphatic hydroxyl groups excluding tert-OH is 2. The number of aliphatic hydroxyl groups is 2. The molecule has 0 aromatic rings. The van der Waals surface area contributed by atoms with Crippen molar-refractivity contribution in [1.82, 2.24) is 0 Å². The number of fused-ring (bicyclic) bond motifs is 6. The molecule has 3 nitrogen and oxygen atoms in total. The van der Waals surface area contributed by atoms with Gasteiger partial charge in [-0.25, -0.2) is 0 Å². The summed E-state index contributed by atoms with van der Waals surface area (Å²) in [7, 11) is 0. The molecule has 0 aliphatic heterocycles. The van der Waals surface area contributed by atoms with Crippen molar-refractivity contribution in [2.24, 2.45) is 50.7 Å². The smallest absolute Gasteiger partial charge is 0.159 e. The van der Waals surface area contributed by atoms with Gasteiger partial charge in [-0.3, -0.25) is 4.79 Å². The minimum absolute atomic E-state index is 0.0246. The molecule has 0 saturated heterocycles. The van der Waals surface area contributed by atoms with Crippen LogP contribution in [0.25, 0.3) is 0 Å². The number of hydrogen-bond donors (Lipinski definition) is 2. The third-order valence-electron chi connectivity index (χ3n) is 12.6. The van der Waals surface area contributed by atoms with Crippen LogP contribution in [0.5, 0.6) is 0 Å². The molecule has 186 valence electrons. The van der Waals surface area contributed by atoms with Gasteiger partial charge in [0.15, 0.2) is 5.78 Å². The highest BCUT2D eigenvalue weighted by Crippen LogP contribution is 2.70. The van der Waals surface area contributed by atoms with Gasteiger partial charge in [0.1, 0.15) is 0 Å². The van der Waals surface area contributed by atoms with E-state index in [0.717, 1.165) is 32.1 Å². The number of ketones is 1. The van der Waals surface area contributed by atoms with Crippen LogP contribution in [0.2, 0.25) is 0 Å². The van der Waals surface area contributed by atoms with Gasteiger partial charge in [-0.1, -0.05) is 54.0 Å². The molecule has 0 spiro atoms. The molecular weight excluding hydrogens is 408 g/mol. The molecule has 33 heavy (non-hydrogen) atoms. The highest BCUT2D eigenvalue weighted by Gasteiger charge is 2.64. The number of carbonyl (C=O) groups is 1. The lowest BCUT2D eigenvalue weighted by molar-refractivity contribution is -0.170. The summed E-state index contributed by atoms with van der Waals surface area (Å²) in [6.45, 7) is 16.3. The molecule has 5 aliphatic carbocycles. The molecule has 5 rings (SSSR count). The van der Waals surface area contributed by atoms with Gasteiger partial charge < -0.3 is 10.2 Å². The van der Waals surface area contributed by atoms with Gasteiger partial charge in [0.05, 0.1) is 12.2 Å². The van der Waals surface area contributed by atoms with Gasteiger partial charge in [-0.05, 0) is 103 Å². The summed E-state index contributed by atoms with van der Waals surface area (Å²) in [5, 5.41) is 21.7. The second-order valence-corrected chi connectivity index (χ2v) is 14.9. The molecule has 0 aromatic carbocycles. The van der Waals surface area contributed by atoms with Crippen molar-refractivity contribution < 1.29 is 15.0 Å². The second-order valence-electron chi connectivity index (χ2n) is 14.9. The quantitative estimate of drug-likeness (QED) is 0.448. The van der Waals surface area contributed by atoms with E-state index in [1.807, 2.05) is 6.08 Å². The first-order valence-electron chi connectivity index (χ1n) is 13.8. The van der Waals surface area contributed by atoms with Crippen molar-refractivity contribution in [3.63, 3.8) is 0 Å². The lowest BCUT2D eigenvalue weighted by Crippen LogP contribution is -2.58. The Bertz CT molecular complexity index is 870. The van der Waals surface area contributed by atoms with E-state index < -0.39 is 6.10 Å². The van der Waals surface area contributed by atoms with Gasteiger partial charge in [-0.15, -0.1) is 0 Å². The average Bonchev–Trinajstić information content (AvgIpc) is 2.85. The molecule has 0 heterocycles. The number of allylic oxidation sites excluding steroid dienone is 2. The summed E-state index contributed by atoms with van der Waals surface area (Å²) in [5.74, 6) is 1.86. The normalized spacial score (nSPS) is 53.0. The first kappa shape index (κ1) is 24.0. The predicted octanol–water partition coefficient (Wildman–Crippen LogP) is 6.32. The predicted molar refractivity (Wildman–Crippen MR) is 132 cm³/mol. The van der Waals surface area contributed by atoms with Crippen LogP contribution in [0, 0.1) is 50.7 Å².